The van der Waals surface area contributed by atoms with Gasteiger partial charge in [0.15, 0.2) is 0 Å². The van der Waals surface area contributed by atoms with Gasteiger partial charge < -0.3 is 10.1 Å². The Bertz CT molecular complexity index is 611. The molecule has 0 spiro atoms. The molecule has 0 aliphatic heterocycles. The van der Waals surface area contributed by atoms with Gasteiger partial charge in [-0.2, -0.15) is 5.10 Å². The third kappa shape index (κ3) is 4.34. The number of H-pyrrole nitrogens is 1. The Hall–Kier alpha value is -0.910. The first-order chi connectivity index (χ1) is 10.8. The van der Waals surface area contributed by atoms with Gasteiger partial charge in [-0.15, -0.1) is 24.2 Å². The van der Waals surface area contributed by atoms with E-state index in [9.17, 15) is 0 Å². The minimum atomic E-state index is 0. The standard InChI is InChI=1S/C17H25N3OS.ClH/c1-3-10-18-12-4-6-13(7-5-12)21-16-9-8-15-14(11-19-20-15)17(16)22-2;/h8-9,11-13,18H,3-7,10H2,1-2H3,(H,19,20);1H. The van der Waals surface area contributed by atoms with Gasteiger partial charge in [-0.25, -0.2) is 0 Å². The monoisotopic (exact) mass is 355 g/mol. The van der Waals surface area contributed by atoms with Gasteiger partial charge in [-0.05, 0) is 57.0 Å². The van der Waals surface area contributed by atoms with E-state index in [1.165, 1.54) is 24.2 Å². The lowest BCUT2D eigenvalue weighted by molar-refractivity contribution is 0.137. The van der Waals surface area contributed by atoms with E-state index in [2.05, 4.69) is 40.8 Å². The van der Waals surface area contributed by atoms with Gasteiger partial charge in [-0.1, -0.05) is 6.92 Å². The van der Waals surface area contributed by atoms with E-state index in [0.29, 0.717) is 12.1 Å². The molecule has 1 heterocycles. The number of fused-ring (bicyclic) bond motifs is 1. The second kappa shape index (κ2) is 8.81. The number of nitrogens with zero attached hydrogens (tertiary/aromatic N) is 1. The molecule has 3 rings (SSSR count). The summed E-state index contributed by atoms with van der Waals surface area (Å²) in [6, 6.07) is 4.82. The summed E-state index contributed by atoms with van der Waals surface area (Å²) in [7, 11) is 0. The number of halogens is 1. The number of hydrogen-bond acceptors (Lipinski definition) is 4. The molecule has 1 aliphatic rings. The number of aromatic amines is 1. The van der Waals surface area contributed by atoms with Gasteiger partial charge in [0.25, 0.3) is 0 Å². The van der Waals surface area contributed by atoms with Crippen LogP contribution in [0.15, 0.2) is 23.2 Å². The van der Waals surface area contributed by atoms with Crippen molar-refractivity contribution in [3.63, 3.8) is 0 Å². The van der Waals surface area contributed by atoms with Crippen LogP contribution < -0.4 is 10.1 Å². The zero-order valence-electron chi connectivity index (χ0n) is 13.8. The van der Waals surface area contributed by atoms with E-state index >= 15 is 0 Å². The van der Waals surface area contributed by atoms with Crippen molar-refractivity contribution in [2.24, 2.45) is 0 Å². The van der Waals surface area contributed by atoms with Crippen molar-refractivity contribution < 1.29 is 4.74 Å². The van der Waals surface area contributed by atoms with Crippen LogP contribution in [0.1, 0.15) is 39.0 Å². The SMILES string of the molecule is CCCNC1CCC(Oc2ccc3[nH]ncc3c2SC)CC1.Cl. The van der Waals surface area contributed by atoms with E-state index in [-0.39, 0.29) is 12.4 Å². The fraction of sp³-hybridized carbons (Fsp3) is 0.588. The average molecular weight is 356 g/mol. The number of hydrogen-bond donors (Lipinski definition) is 2. The Morgan fingerprint density at radius 3 is 2.78 bits per heavy atom. The van der Waals surface area contributed by atoms with Crippen LogP contribution in [0.25, 0.3) is 10.9 Å². The van der Waals surface area contributed by atoms with Crippen molar-refractivity contribution in [2.45, 2.75) is 56.1 Å². The van der Waals surface area contributed by atoms with Crippen LogP contribution in [-0.2, 0) is 0 Å². The second-order valence-corrected chi connectivity index (χ2v) is 6.79. The number of nitrogens with one attached hydrogen (secondary N) is 2. The van der Waals surface area contributed by atoms with E-state index in [0.717, 1.165) is 36.0 Å². The lowest BCUT2D eigenvalue weighted by atomic mass is 9.93. The van der Waals surface area contributed by atoms with Crippen LogP contribution in [0.3, 0.4) is 0 Å². The summed E-state index contributed by atoms with van der Waals surface area (Å²) in [6.07, 6.45) is 10.2. The largest absolute Gasteiger partial charge is 0.489 e. The third-order valence-corrected chi connectivity index (χ3v) is 5.22. The maximum Gasteiger partial charge on any atom is 0.134 e. The van der Waals surface area contributed by atoms with E-state index in [1.54, 1.807) is 11.8 Å². The fourth-order valence-corrected chi connectivity index (χ4v) is 3.89. The molecule has 1 fully saturated rings. The maximum absolute atomic E-state index is 6.32. The van der Waals surface area contributed by atoms with Crippen LogP contribution >= 0.6 is 24.2 Å². The first-order valence-corrected chi connectivity index (χ1v) is 9.44. The molecule has 128 valence electrons. The zero-order chi connectivity index (χ0) is 15.4. The highest BCUT2D eigenvalue weighted by atomic mass is 35.5. The minimum Gasteiger partial charge on any atom is -0.489 e. The molecule has 1 aliphatic carbocycles. The molecule has 6 heteroatoms. The summed E-state index contributed by atoms with van der Waals surface area (Å²) in [4.78, 5) is 1.19. The molecule has 0 radical (unpaired) electrons. The molecule has 0 amide bonds. The van der Waals surface area contributed by atoms with Gasteiger partial charge >= 0.3 is 0 Å². The fourth-order valence-electron chi connectivity index (χ4n) is 3.19. The lowest BCUT2D eigenvalue weighted by Crippen LogP contribution is -2.36. The highest BCUT2D eigenvalue weighted by molar-refractivity contribution is 7.99. The molecule has 0 unspecified atom stereocenters. The molecule has 0 atom stereocenters. The predicted octanol–water partition coefficient (Wildman–Crippen LogP) is 4.40. The van der Waals surface area contributed by atoms with Crippen molar-refractivity contribution in [3.8, 4) is 5.75 Å². The normalized spacial score (nSPS) is 21.1. The van der Waals surface area contributed by atoms with Crippen molar-refractivity contribution in [2.75, 3.05) is 12.8 Å². The van der Waals surface area contributed by atoms with Crippen LogP contribution in [-0.4, -0.2) is 35.1 Å². The summed E-state index contributed by atoms with van der Waals surface area (Å²) in [6.45, 7) is 3.35. The van der Waals surface area contributed by atoms with Gasteiger partial charge in [0.2, 0.25) is 0 Å². The van der Waals surface area contributed by atoms with Crippen LogP contribution in [0, 0.1) is 0 Å². The number of thioether (sulfide) groups is 1. The summed E-state index contributed by atoms with van der Waals surface area (Å²) >= 11 is 1.73. The summed E-state index contributed by atoms with van der Waals surface area (Å²) in [5.74, 6) is 1.01. The second-order valence-electron chi connectivity index (χ2n) is 5.97. The minimum absolute atomic E-state index is 0. The Kier molecular flexibility index (Phi) is 7.06. The summed E-state index contributed by atoms with van der Waals surface area (Å²) < 4.78 is 6.32. The number of ether oxygens (including phenoxy) is 1. The highest BCUT2D eigenvalue weighted by Gasteiger charge is 2.23. The molecule has 1 aromatic heterocycles. The first kappa shape index (κ1) is 18.4. The Morgan fingerprint density at radius 1 is 1.30 bits per heavy atom. The van der Waals surface area contributed by atoms with Gasteiger partial charge in [0.05, 0.1) is 22.7 Å². The maximum atomic E-state index is 6.32. The van der Waals surface area contributed by atoms with Crippen LogP contribution in [0.5, 0.6) is 5.75 Å². The van der Waals surface area contributed by atoms with Crippen LogP contribution in [0.4, 0.5) is 0 Å². The molecule has 0 bridgehead atoms. The molecule has 0 saturated heterocycles. The Labute approximate surface area is 148 Å². The summed E-state index contributed by atoms with van der Waals surface area (Å²) in [5.41, 5.74) is 1.07. The smallest absolute Gasteiger partial charge is 0.134 e. The number of benzene rings is 1. The Balaban J connectivity index is 0.00000192. The molecule has 1 aromatic carbocycles. The summed E-state index contributed by atoms with van der Waals surface area (Å²) in [5, 5.41) is 11.9. The van der Waals surface area contributed by atoms with Crippen molar-refractivity contribution in [1.82, 2.24) is 15.5 Å². The van der Waals surface area contributed by atoms with Gasteiger partial charge in [-0.3, -0.25) is 5.10 Å². The Morgan fingerprint density at radius 2 is 2.09 bits per heavy atom. The molecule has 23 heavy (non-hydrogen) atoms. The van der Waals surface area contributed by atoms with Crippen molar-refractivity contribution in [1.29, 1.82) is 0 Å². The molecule has 1 saturated carbocycles. The average Bonchev–Trinajstić information content (AvgIpc) is 3.02. The zero-order valence-corrected chi connectivity index (χ0v) is 15.4. The van der Waals surface area contributed by atoms with Gasteiger partial charge in [0.1, 0.15) is 5.75 Å². The molecular weight excluding hydrogens is 330 g/mol. The van der Waals surface area contributed by atoms with E-state index in [4.69, 9.17) is 4.74 Å². The van der Waals surface area contributed by atoms with E-state index in [1.807, 2.05) is 6.20 Å². The van der Waals surface area contributed by atoms with Crippen molar-refractivity contribution in [3.05, 3.63) is 18.3 Å². The molecule has 2 N–H and O–H groups in total. The molecule has 2 aromatic rings. The topological polar surface area (TPSA) is 49.9 Å². The third-order valence-electron chi connectivity index (χ3n) is 4.39. The highest BCUT2D eigenvalue weighted by Crippen LogP contribution is 2.36. The quantitative estimate of drug-likeness (QED) is 0.754. The lowest BCUT2D eigenvalue weighted by Gasteiger charge is -2.30. The van der Waals surface area contributed by atoms with E-state index < -0.39 is 0 Å². The number of rotatable bonds is 6. The molecule has 4 nitrogen and oxygen atoms in total. The van der Waals surface area contributed by atoms with Gasteiger partial charge in [0, 0.05) is 11.4 Å². The predicted molar refractivity (Wildman–Crippen MR) is 100 cm³/mol. The first-order valence-electron chi connectivity index (χ1n) is 8.22. The number of aromatic nitrogens is 2. The molecular formula is C17H26ClN3OS. The van der Waals surface area contributed by atoms with Crippen molar-refractivity contribution >= 4 is 35.1 Å². The van der Waals surface area contributed by atoms with Crippen LogP contribution in [0.2, 0.25) is 0 Å².